The van der Waals surface area contributed by atoms with E-state index in [4.69, 9.17) is 4.74 Å². The second-order valence-electron chi connectivity index (χ2n) is 7.89. The lowest BCUT2D eigenvalue weighted by atomic mass is 9.73. The van der Waals surface area contributed by atoms with Gasteiger partial charge in [-0.25, -0.2) is 0 Å². The summed E-state index contributed by atoms with van der Waals surface area (Å²) in [6.45, 7) is 7.60. The van der Waals surface area contributed by atoms with Gasteiger partial charge in [-0.2, -0.15) is 13.2 Å². The quantitative estimate of drug-likeness (QED) is 0.633. The van der Waals surface area contributed by atoms with Crippen LogP contribution in [0.15, 0.2) is 0 Å². The number of hydrogen-bond donors (Lipinski definition) is 0. The van der Waals surface area contributed by atoms with Crippen molar-refractivity contribution in [2.24, 2.45) is 29.6 Å². The normalized spacial score (nSPS) is 35.6. The third-order valence-electron chi connectivity index (χ3n) is 6.02. The highest BCUT2D eigenvalue weighted by Crippen LogP contribution is 2.43. The Bertz CT molecular complexity index is 332. The highest BCUT2D eigenvalue weighted by atomic mass is 19.4. The lowest BCUT2D eigenvalue weighted by Crippen LogP contribution is -2.33. The van der Waals surface area contributed by atoms with Gasteiger partial charge in [0.25, 0.3) is 0 Å². The second kappa shape index (κ2) is 7.55. The Balaban J connectivity index is 1.77. The highest BCUT2D eigenvalue weighted by molar-refractivity contribution is 4.82. The Morgan fingerprint density at radius 2 is 1.59 bits per heavy atom. The minimum atomic E-state index is -3.99. The highest BCUT2D eigenvalue weighted by Gasteiger charge is 2.42. The third-order valence-corrected chi connectivity index (χ3v) is 6.02. The van der Waals surface area contributed by atoms with Crippen LogP contribution in [0.1, 0.15) is 65.7 Å². The summed E-state index contributed by atoms with van der Waals surface area (Å²) in [6, 6.07) is 0. The van der Waals surface area contributed by atoms with Crippen LogP contribution in [-0.2, 0) is 4.74 Å². The molecular formula is C18H31F3O. The molecule has 0 aromatic rings. The standard InChI is InChI=1S/C18H31F3O/c1-12(2)15-8-9-22-17(11-15)10-13(3)14-4-6-16(7-5-14)18(19,20)21/h12-17H,4-11H2,1-3H3. The van der Waals surface area contributed by atoms with Crippen LogP contribution < -0.4 is 0 Å². The molecule has 0 aromatic carbocycles. The molecule has 2 rings (SSSR count). The SMILES string of the molecule is CC(C)C1CCOC(CC(C)C2CCC(C(F)(F)F)CC2)C1. The van der Waals surface area contributed by atoms with Crippen LogP contribution in [0.2, 0.25) is 0 Å². The lowest BCUT2D eigenvalue weighted by molar-refractivity contribution is -0.185. The maximum absolute atomic E-state index is 12.7. The van der Waals surface area contributed by atoms with Crippen LogP contribution in [0.5, 0.6) is 0 Å². The zero-order valence-corrected chi connectivity index (χ0v) is 14.2. The van der Waals surface area contributed by atoms with E-state index in [0.717, 1.165) is 44.6 Å². The molecule has 130 valence electrons. The third kappa shape index (κ3) is 4.87. The van der Waals surface area contributed by atoms with Crippen molar-refractivity contribution in [2.45, 2.75) is 78.0 Å². The van der Waals surface area contributed by atoms with Gasteiger partial charge in [-0.05, 0) is 68.6 Å². The van der Waals surface area contributed by atoms with E-state index in [0.29, 0.717) is 36.7 Å². The Morgan fingerprint density at radius 3 is 2.14 bits per heavy atom. The molecule has 0 spiro atoms. The lowest BCUT2D eigenvalue weighted by Gasteiger charge is -2.37. The minimum Gasteiger partial charge on any atom is -0.378 e. The molecule has 1 heterocycles. The van der Waals surface area contributed by atoms with E-state index >= 15 is 0 Å². The molecule has 1 nitrogen and oxygen atoms in total. The van der Waals surface area contributed by atoms with Crippen LogP contribution in [0.3, 0.4) is 0 Å². The molecule has 4 heteroatoms. The van der Waals surface area contributed by atoms with Gasteiger partial charge in [0.2, 0.25) is 0 Å². The molecule has 3 atom stereocenters. The first kappa shape index (κ1) is 18.1. The van der Waals surface area contributed by atoms with Gasteiger partial charge in [0.05, 0.1) is 12.0 Å². The summed E-state index contributed by atoms with van der Waals surface area (Å²) >= 11 is 0. The fraction of sp³-hybridized carbons (Fsp3) is 1.00. The van der Waals surface area contributed by atoms with Crippen LogP contribution >= 0.6 is 0 Å². The fourth-order valence-corrected chi connectivity index (χ4v) is 4.30. The van der Waals surface area contributed by atoms with Gasteiger partial charge < -0.3 is 4.74 Å². The Labute approximate surface area is 133 Å². The van der Waals surface area contributed by atoms with Crippen LogP contribution in [-0.4, -0.2) is 18.9 Å². The number of alkyl halides is 3. The summed E-state index contributed by atoms with van der Waals surface area (Å²) in [6.07, 6.45) is 1.71. The van der Waals surface area contributed by atoms with Gasteiger partial charge in [-0.15, -0.1) is 0 Å². The van der Waals surface area contributed by atoms with E-state index in [9.17, 15) is 13.2 Å². The zero-order valence-electron chi connectivity index (χ0n) is 14.2. The van der Waals surface area contributed by atoms with Crippen molar-refractivity contribution in [2.75, 3.05) is 6.61 Å². The second-order valence-corrected chi connectivity index (χ2v) is 7.89. The zero-order chi connectivity index (χ0) is 16.3. The number of rotatable bonds is 4. The van der Waals surface area contributed by atoms with Gasteiger partial charge >= 0.3 is 6.18 Å². The summed E-state index contributed by atoms with van der Waals surface area (Å²) in [7, 11) is 0. The molecule has 2 aliphatic rings. The molecule has 0 N–H and O–H groups in total. The summed E-state index contributed by atoms with van der Waals surface area (Å²) < 4.78 is 44.1. The summed E-state index contributed by atoms with van der Waals surface area (Å²) in [5.74, 6) is 1.30. The van der Waals surface area contributed by atoms with Crippen LogP contribution in [0.4, 0.5) is 13.2 Å². The van der Waals surface area contributed by atoms with Gasteiger partial charge in [-0.3, -0.25) is 0 Å². The van der Waals surface area contributed by atoms with E-state index in [1.54, 1.807) is 0 Å². The van der Waals surface area contributed by atoms with Crippen molar-refractivity contribution in [3.05, 3.63) is 0 Å². The topological polar surface area (TPSA) is 9.23 Å². The minimum absolute atomic E-state index is 0.316. The number of hydrogen-bond acceptors (Lipinski definition) is 1. The smallest absolute Gasteiger partial charge is 0.378 e. The summed E-state index contributed by atoms with van der Waals surface area (Å²) in [5.41, 5.74) is 0. The number of halogens is 3. The first-order valence-electron chi connectivity index (χ1n) is 8.95. The molecule has 22 heavy (non-hydrogen) atoms. The van der Waals surface area contributed by atoms with E-state index in [1.807, 2.05) is 0 Å². The maximum atomic E-state index is 12.7. The molecule has 3 unspecified atom stereocenters. The molecule has 0 aromatic heterocycles. The van der Waals surface area contributed by atoms with Crippen molar-refractivity contribution in [3.8, 4) is 0 Å². The van der Waals surface area contributed by atoms with Crippen LogP contribution in [0.25, 0.3) is 0 Å². The van der Waals surface area contributed by atoms with E-state index < -0.39 is 12.1 Å². The van der Waals surface area contributed by atoms with Crippen LogP contribution in [0, 0.1) is 29.6 Å². The van der Waals surface area contributed by atoms with Gasteiger partial charge in [0.15, 0.2) is 0 Å². The molecule has 1 saturated carbocycles. The molecule has 1 aliphatic heterocycles. The average molecular weight is 320 g/mol. The maximum Gasteiger partial charge on any atom is 0.391 e. The van der Waals surface area contributed by atoms with Gasteiger partial charge in [0.1, 0.15) is 0 Å². The van der Waals surface area contributed by atoms with Crippen molar-refractivity contribution < 1.29 is 17.9 Å². The van der Waals surface area contributed by atoms with Crippen molar-refractivity contribution in [3.63, 3.8) is 0 Å². The van der Waals surface area contributed by atoms with E-state index in [2.05, 4.69) is 20.8 Å². The first-order valence-corrected chi connectivity index (χ1v) is 8.95. The Hall–Kier alpha value is -0.250. The molecule has 0 amide bonds. The molecule has 0 radical (unpaired) electrons. The van der Waals surface area contributed by atoms with E-state index in [-0.39, 0.29) is 0 Å². The first-order chi connectivity index (χ1) is 10.3. The summed E-state index contributed by atoms with van der Waals surface area (Å²) in [4.78, 5) is 0. The predicted octanol–water partition coefficient (Wildman–Crippen LogP) is 5.83. The molecule has 0 bridgehead atoms. The monoisotopic (exact) mass is 320 g/mol. The predicted molar refractivity (Wildman–Crippen MR) is 82.6 cm³/mol. The molecule has 1 aliphatic carbocycles. The Kier molecular flexibility index (Phi) is 6.21. The van der Waals surface area contributed by atoms with Crippen molar-refractivity contribution in [1.82, 2.24) is 0 Å². The van der Waals surface area contributed by atoms with E-state index in [1.165, 1.54) is 0 Å². The fourth-order valence-electron chi connectivity index (χ4n) is 4.30. The molecule has 2 fully saturated rings. The van der Waals surface area contributed by atoms with Gasteiger partial charge in [-0.1, -0.05) is 20.8 Å². The Morgan fingerprint density at radius 1 is 0.955 bits per heavy atom. The van der Waals surface area contributed by atoms with Crippen molar-refractivity contribution in [1.29, 1.82) is 0 Å². The molecule has 1 saturated heterocycles. The van der Waals surface area contributed by atoms with Gasteiger partial charge in [0, 0.05) is 6.61 Å². The summed E-state index contributed by atoms with van der Waals surface area (Å²) in [5, 5.41) is 0. The number of ether oxygens (including phenoxy) is 1. The van der Waals surface area contributed by atoms with Crippen molar-refractivity contribution >= 4 is 0 Å². The average Bonchev–Trinajstić information content (AvgIpc) is 2.46. The largest absolute Gasteiger partial charge is 0.391 e. The molecular weight excluding hydrogens is 289 g/mol.